The zero-order valence-electron chi connectivity index (χ0n) is 21.3. The quantitative estimate of drug-likeness (QED) is 0.379. The number of hydrogen-bond donors (Lipinski definition) is 1. The fraction of sp³-hybridized carbons (Fsp3) is 0.640. The maximum absolute atomic E-state index is 13.2. The lowest BCUT2D eigenvalue weighted by Crippen LogP contribution is -2.50. The molecule has 1 N–H and O–H groups in total. The molecule has 0 bridgehead atoms. The average molecular weight is 540 g/mol. The van der Waals surface area contributed by atoms with Crippen LogP contribution in [0, 0.1) is 0 Å². The van der Waals surface area contributed by atoms with Crippen LogP contribution in [-0.4, -0.2) is 65.3 Å². The standard InChI is InChI=1S/C25H39BrN4O4/c1-24(2,3)33-22(31)28-21(27-18-19-10-12-20(26)13-11-19)30(23(32)34-25(4,5)6)17-9-16-29-14-7-8-15-29/h10-13H,7-9,14-18H2,1-6H3,(H,27,28,31). The van der Waals surface area contributed by atoms with Crippen LogP contribution in [-0.2, 0) is 16.0 Å². The van der Waals surface area contributed by atoms with Crippen LogP contribution in [0.3, 0.4) is 0 Å². The lowest BCUT2D eigenvalue weighted by atomic mass is 10.2. The van der Waals surface area contributed by atoms with Crippen LogP contribution < -0.4 is 5.32 Å². The number of hydrogen-bond acceptors (Lipinski definition) is 6. The summed E-state index contributed by atoms with van der Waals surface area (Å²) >= 11 is 3.43. The number of nitrogens with one attached hydrogen (secondary N) is 1. The van der Waals surface area contributed by atoms with E-state index in [-0.39, 0.29) is 12.5 Å². The smallest absolute Gasteiger partial charge is 0.417 e. The fourth-order valence-electron chi connectivity index (χ4n) is 3.40. The number of rotatable bonds is 6. The summed E-state index contributed by atoms with van der Waals surface area (Å²) in [6.45, 7) is 14.5. The average Bonchev–Trinajstić information content (AvgIpc) is 3.20. The number of guanidine groups is 1. The summed E-state index contributed by atoms with van der Waals surface area (Å²) in [6, 6.07) is 7.72. The number of halogens is 1. The van der Waals surface area contributed by atoms with Crippen LogP contribution in [0.15, 0.2) is 33.7 Å². The van der Waals surface area contributed by atoms with E-state index < -0.39 is 23.4 Å². The minimum atomic E-state index is -0.687. The number of nitrogens with zero attached hydrogens (tertiary/aromatic N) is 3. The number of amides is 2. The van der Waals surface area contributed by atoms with Gasteiger partial charge in [-0.05, 0) is 98.1 Å². The molecule has 0 aliphatic carbocycles. The maximum Gasteiger partial charge on any atom is 0.417 e. The zero-order valence-corrected chi connectivity index (χ0v) is 22.9. The van der Waals surface area contributed by atoms with Gasteiger partial charge in [0.1, 0.15) is 11.2 Å². The molecule has 2 rings (SSSR count). The van der Waals surface area contributed by atoms with Crippen molar-refractivity contribution >= 4 is 34.1 Å². The summed E-state index contributed by atoms with van der Waals surface area (Å²) in [4.78, 5) is 34.2. The molecule has 0 unspecified atom stereocenters. The third-order valence-electron chi connectivity index (χ3n) is 4.86. The molecule has 1 heterocycles. The Labute approximate surface area is 212 Å². The van der Waals surface area contributed by atoms with Crippen molar-refractivity contribution in [3.05, 3.63) is 34.3 Å². The first-order valence-corrected chi connectivity index (χ1v) is 12.6. The molecule has 1 aromatic carbocycles. The maximum atomic E-state index is 13.2. The third kappa shape index (κ3) is 10.9. The molecule has 2 amide bonds. The topological polar surface area (TPSA) is 83.5 Å². The first-order valence-electron chi connectivity index (χ1n) is 11.8. The molecule has 190 valence electrons. The normalized spacial score (nSPS) is 15.2. The molecule has 1 aliphatic heterocycles. The largest absolute Gasteiger partial charge is 0.444 e. The van der Waals surface area contributed by atoms with Gasteiger partial charge in [0.05, 0.1) is 6.54 Å². The van der Waals surface area contributed by atoms with Crippen molar-refractivity contribution < 1.29 is 19.1 Å². The first-order chi connectivity index (χ1) is 15.8. The lowest BCUT2D eigenvalue weighted by Gasteiger charge is -2.29. The number of likely N-dealkylation sites (tertiary alicyclic amines) is 1. The van der Waals surface area contributed by atoms with Crippen molar-refractivity contribution in [2.75, 3.05) is 26.2 Å². The lowest BCUT2D eigenvalue weighted by molar-refractivity contribution is 0.0354. The van der Waals surface area contributed by atoms with Gasteiger partial charge in [-0.1, -0.05) is 28.1 Å². The van der Waals surface area contributed by atoms with E-state index in [1.807, 2.05) is 45.0 Å². The molecule has 0 atom stereocenters. The van der Waals surface area contributed by atoms with E-state index in [1.165, 1.54) is 17.7 Å². The fourth-order valence-corrected chi connectivity index (χ4v) is 3.67. The first kappa shape index (κ1) is 28.1. The van der Waals surface area contributed by atoms with Crippen LogP contribution in [0.2, 0.25) is 0 Å². The Morgan fingerprint density at radius 2 is 1.62 bits per heavy atom. The van der Waals surface area contributed by atoms with Gasteiger partial charge >= 0.3 is 12.2 Å². The van der Waals surface area contributed by atoms with Gasteiger partial charge in [0.15, 0.2) is 0 Å². The van der Waals surface area contributed by atoms with Gasteiger partial charge in [-0.15, -0.1) is 0 Å². The van der Waals surface area contributed by atoms with Crippen molar-refractivity contribution in [2.45, 2.75) is 78.6 Å². The molecule has 1 saturated heterocycles. The summed E-state index contributed by atoms with van der Waals surface area (Å²) in [5, 5.41) is 2.69. The predicted molar refractivity (Wildman–Crippen MR) is 138 cm³/mol. The monoisotopic (exact) mass is 538 g/mol. The summed E-state index contributed by atoms with van der Waals surface area (Å²) in [5.74, 6) is 0.118. The van der Waals surface area contributed by atoms with E-state index in [0.717, 1.165) is 36.1 Å². The van der Waals surface area contributed by atoms with Crippen molar-refractivity contribution in [3.63, 3.8) is 0 Å². The highest BCUT2D eigenvalue weighted by atomic mass is 79.9. The third-order valence-corrected chi connectivity index (χ3v) is 5.39. The number of aliphatic imine (C=N–C) groups is 1. The Bertz CT molecular complexity index is 838. The summed E-state index contributed by atoms with van der Waals surface area (Å²) in [6.07, 6.45) is 1.91. The van der Waals surface area contributed by atoms with E-state index >= 15 is 0 Å². The SMILES string of the molecule is CC(C)(C)OC(=O)NC(=NCc1ccc(Br)cc1)N(CCCN1CCCC1)C(=O)OC(C)(C)C. The number of benzene rings is 1. The minimum Gasteiger partial charge on any atom is -0.444 e. The van der Waals surface area contributed by atoms with Crippen LogP contribution in [0.4, 0.5) is 9.59 Å². The minimum absolute atomic E-state index is 0.118. The van der Waals surface area contributed by atoms with Gasteiger partial charge in [0.25, 0.3) is 0 Å². The summed E-state index contributed by atoms with van der Waals surface area (Å²) < 4.78 is 12.0. The zero-order chi connectivity index (χ0) is 25.4. The van der Waals surface area contributed by atoms with Crippen LogP contribution in [0.1, 0.15) is 66.4 Å². The molecule has 0 radical (unpaired) electrons. The Morgan fingerprint density at radius 1 is 1.03 bits per heavy atom. The van der Waals surface area contributed by atoms with Crippen molar-refractivity contribution in [2.24, 2.45) is 4.99 Å². The van der Waals surface area contributed by atoms with E-state index in [1.54, 1.807) is 20.8 Å². The Balaban J connectivity index is 2.26. The van der Waals surface area contributed by atoms with Crippen LogP contribution >= 0.6 is 15.9 Å². The molecule has 0 saturated carbocycles. The van der Waals surface area contributed by atoms with Crippen LogP contribution in [0.5, 0.6) is 0 Å². The Kier molecular flexibility index (Phi) is 10.4. The second kappa shape index (κ2) is 12.5. The van der Waals surface area contributed by atoms with E-state index in [4.69, 9.17) is 9.47 Å². The molecule has 0 aromatic heterocycles. The van der Waals surface area contributed by atoms with Gasteiger partial charge in [0, 0.05) is 11.0 Å². The van der Waals surface area contributed by atoms with Gasteiger partial charge < -0.3 is 14.4 Å². The van der Waals surface area contributed by atoms with E-state index in [2.05, 4.69) is 31.1 Å². The second-order valence-electron chi connectivity index (χ2n) is 10.4. The van der Waals surface area contributed by atoms with Gasteiger partial charge in [-0.2, -0.15) is 0 Å². The van der Waals surface area contributed by atoms with Crippen molar-refractivity contribution in [3.8, 4) is 0 Å². The van der Waals surface area contributed by atoms with Crippen LogP contribution in [0.25, 0.3) is 0 Å². The molecule has 9 heteroatoms. The molecule has 8 nitrogen and oxygen atoms in total. The molecular weight excluding hydrogens is 500 g/mol. The number of carbonyl (C=O) groups excluding carboxylic acids is 2. The highest BCUT2D eigenvalue weighted by Crippen LogP contribution is 2.15. The van der Waals surface area contributed by atoms with Gasteiger partial charge in [0.2, 0.25) is 5.96 Å². The molecule has 34 heavy (non-hydrogen) atoms. The highest BCUT2D eigenvalue weighted by Gasteiger charge is 2.28. The Morgan fingerprint density at radius 3 is 2.18 bits per heavy atom. The number of carbonyl (C=O) groups is 2. The molecule has 1 fully saturated rings. The molecule has 0 spiro atoms. The van der Waals surface area contributed by atoms with E-state index in [0.29, 0.717) is 6.54 Å². The van der Waals surface area contributed by atoms with Gasteiger partial charge in [-0.3, -0.25) is 5.32 Å². The van der Waals surface area contributed by atoms with Gasteiger partial charge in [-0.25, -0.2) is 19.5 Å². The summed E-state index contributed by atoms with van der Waals surface area (Å²) in [7, 11) is 0. The second-order valence-corrected chi connectivity index (χ2v) is 11.3. The van der Waals surface area contributed by atoms with Crippen molar-refractivity contribution in [1.82, 2.24) is 15.1 Å². The van der Waals surface area contributed by atoms with E-state index in [9.17, 15) is 9.59 Å². The highest BCUT2D eigenvalue weighted by molar-refractivity contribution is 9.10. The Hall–Kier alpha value is -2.13. The molecular formula is C25H39BrN4O4. The molecule has 1 aromatic rings. The number of alkyl carbamates (subject to hydrolysis) is 1. The number of ether oxygens (including phenoxy) is 2. The predicted octanol–water partition coefficient (Wildman–Crippen LogP) is 5.55. The summed E-state index contributed by atoms with van der Waals surface area (Å²) in [5.41, 5.74) is -0.437. The van der Waals surface area contributed by atoms with Crippen molar-refractivity contribution in [1.29, 1.82) is 0 Å². The molecule has 1 aliphatic rings.